The fourth-order valence-corrected chi connectivity index (χ4v) is 3.99. The molecule has 0 aliphatic carbocycles. The predicted octanol–water partition coefficient (Wildman–Crippen LogP) is 3.14. The number of rotatable bonds is 5. The molecule has 3 aromatic heterocycles. The zero-order valence-corrected chi connectivity index (χ0v) is 18.2. The summed E-state index contributed by atoms with van der Waals surface area (Å²) < 4.78 is 3.71. The van der Waals surface area contributed by atoms with Crippen molar-refractivity contribution in [1.29, 1.82) is 0 Å². The van der Waals surface area contributed by atoms with Gasteiger partial charge in [0.05, 0.1) is 22.9 Å². The van der Waals surface area contributed by atoms with E-state index in [2.05, 4.69) is 15.0 Å². The van der Waals surface area contributed by atoms with Crippen LogP contribution in [0.5, 0.6) is 0 Å². The van der Waals surface area contributed by atoms with E-state index in [4.69, 9.17) is 4.98 Å². The van der Waals surface area contributed by atoms with E-state index in [1.807, 2.05) is 79.0 Å². The number of fused-ring (bicyclic) bond motifs is 2. The Balaban J connectivity index is 1.61. The maximum absolute atomic E-state index is 13.5. The molecule has 0 radical (unpaired) electrons. The minimum atomic E-state index is -0.0624. The first kappa shape index (κ1) is 19.9. The molecule has 0 bridgehead atoms. The van der Waals surface area contributed by atoms with Gasteiger partial charge in [-0.15, -0.1) is 0 Å². The Morgan fingerprint density at radius 3 is 2.56 bits per heavy atom. The third-order valence-corrected chi connectivity index (χ3v) is 5.58. The van der Waals surface area contributed by atoms with Crippen LogP contribution in [-0.2, 0) is 13.0 Å². The molecule has 3 heterocycles. The number of benzene rings is 2. The lowest BCUT2D eigenvalue weighted by molar-refractivity contribution is 0.663. The Bertz CT molecular complexity index is 1500. The van der Waals surface area contributed by atoms with Crippen molar-refractivity contribution < 1.29 is 0 Å². The van der Waals surface area contributed by atoms with Crippen LogP contribution < -0.4 is 10.5 Å². The van der Waals surface area contributed by atoms with Crippen LogP contribution in [0.15, 0.2) is 66.0 Å². The number of anilines is 1. The number of nitrogens with zero attached hydrogens (tertiary/aromatic N) is 7. The molecule has 0 aliphatic heterocycles. The van der Waals surface area contributed by atoms with Gasteiger partial charge < -0.3 is 9.47 Å². The molecule has 0 aliphatic rings. The van der Waals surface area contributed by atoms with Crippen LogP contribution in [0.25, 0.3) is 27.8 Å². The fraction of sp³-hybridized carbons (Fsp3) is 0.208. The van der Waals surface area contributed by atoms with Crippen LogP contribution in [0.1, 0.15) is 11.4 Å². The highest BCUT2D eigenvalue weighted by molar-refractivity contribution is 5.83. The molecule has 0 saturated heterocycles. The fourth-order valence-electron chi connectivity index (χ4n) is 3.99. The highest BCUT2D eigenvalue weighted by Crippen LogP contribution is 2.21. The zero-order chi connectivity index (χ0) is 22.2. The minimum absolute atomic E-state index is 0.0624. The van der Waals surface area contributed by atoms with Crippen LogP contribution in [0, 0.1) is 6.92 Å². The van der Waals surface area contributed by atoms with Crippen molar-refractivity contribution in [3.8, 4) is 5.69 Å². The maximum Gasteiger partial charge on any atom is 0.265 e. The molecule has 0 fully saturated rings. The zero-order valence-electron chi connectivity index (χ0n) is 18.2. The number of hydrogen-bond acceptors (Lipinski definition) is 6. The summed E-state index contributed by atoms with van der Waals surface area (Å²) in [6, 6.07) is 15.3. The normalized spacial score (nSPS) is 11.3. The van der Waals surface area contributed by atoms with Crippen LogP contribution >= 0.6 is 0 Å². The van der Waals surface area contributed by atoms with Gasteiger partial charge in [0, 0.05) is 27.1 Å². The molecule has 0 amide bonds. The van der Waals surface area contributed by atoms with Gasteiger partial charge in [-0.3, -0.25) is 9.36 Å². The summed E-state index contributed by atoms with van der Waals surface area (Å²) in [6.07, 6.45) is 3.86. The second-order valence-corrected chi connectivity index (χ2v) is 7.92. The summed E-state index contributed by atoms with van der Waals surface area (Å²) in [5, 5.41) is 0.607. The third-order valence-electron chi connectivity index (χ3n) is 5.58. The number of aromatic nitrogens is 6. The summed E-state index contributed by atoms with van der Waals surface area (Å²) in [7, 11) is 3.86. The van der Waals surface area contributed by atoms with Gasteiger partial charge >= 0.3 is 0 Å². The molecule has 160 valence electrons. The molecule has 5 rings (SSSR count). The number of aryl methyl sites for hydroxylation is 3. The molecular weight excluding hydrogens is 402 g/mol. The van der Waals surface area contributed by atoms with E-state index >= 15 is 0 Å². The monoisotopic (exact) mass is 425 g/mol. The van der Waals surface area contributed by atoms with Gasteiger partial charge in [-0.1, -0.05) is 30.3 Å². The van der Waals surface area contributed by atoms with Crippen LogP contribution in [0.3, 0.4) is 0 Å². The molecule has 0 spiro atoms. The average Bonchev–Trinajstić information content (AvgIpc) is 3.22. The molecule has 2 aromatic carbocycles. The number of hydrogen-bond donors (Lipinski definition) is 0. The van der Waals surface area contributed by atoms with Gasteiger partial charge in [0.15, 0.2) is 17.0 Å². The summed E-state index contributed by atoms with van der Waals surface area (Å²) in [4.78, 5) is 33.5. The average molecular weight is 425 g/mol. The lowest BCUT2D eigenvalue weighted by Gasteiger charge is -2.16. The molecule has 0 N–H and O–H groups in total. The molecule has 5 aromatic rings. The summed E-state index contributed by atoms with van der Waals surface area (Å²) in [6.45, 7) is 2.58. The first-order valence-electron chi connectivity index (χ1n) is 10.4. The number of imidazole rings is 1. The first-order valence-corrected chi connectivity index (χ1v) is 10.4. The van der Waals surface area contributed by atoms with Gasteiger partial charge in [0.2, 0.25) is 0 Å². The Labute approximate surface area is 184 Å². The van der Waals surface area contributed by atoms with Gasteiger partial charge in [0.1, 0.15) is 12.2 Å². The van der Waals surface area contributed by atoms with E-state index in [1.54, 1.807) is 17.2 Å². The van der Waals surface area contributed by atoms with E-state index in [1.165, 1.54) is 0 Å². The summed E-state index contributed by atoms with van der Waals surface area (Å²) >= 11 is 0. The van der Waals surface area contributed by atoms with E-state index < -0.39 is 0 Å². The first-order chi connectivity index (χ1) is 15.5. The van der Waals surface area contributed by atoms with Gasteiger partial charge in [-0.25, -0.2) is 19.9 Å². The minimum Gasteiger partial charge on any atom is -0.361 e. The van der Waals surface area contributed by atoms with Crippen molar-refractivity contribution in [2.24, 2.45) is 0 Å². The standard InChI is InChI=1S/C24H23N7O/c1-16-8-4-7-11-19(16)31-20(28-18-10-6-5-9-17(18)24(31)32)12-13-30-15-27-21-22(29(2)3)25-14-26-23(21)30/h4-11,14-15H,12-13H2,1-3H3. The van der Waals surface area contributed by atoms with E-state index in [9.17, 15) is 4.79 Å². The van der Waals surface area contributed by atoms with Crippen molar-refractivity contribution in [2.75, 3.05) is 19.0 Å². The second kappa shape index (κ2) is 7.88. The van der Waals surface area contributed by atoms with Crippen molar-refractivity contribution in [3.63, 3.8) is 0 Å². The van der Waals surface area contributed by atoms with Crippen molar-refractivity contribution >= 4 is 27.9 Å². The Morgan fingerprint density at radius 1 is 0.969 bits per heavy atom. The molecule has 0 unspecified atom stereocenters. The van der Waals surface area contributed by atoms with E-state index in [-0.39, 0.29) is 5.56 Å². The largest absolute Gasteiger partial charge is 0.361 e. The SMILES string of the molecule is Cc1ccccc1-n1c(CCn2cnc3c(N(C)C)ncnc32)nc2ccccc2c1=O. The molecule has 0 saturated carbocycles. The molecule has 0 atom stereocenters. The molecule has 32 heavy (non-hydrogen) atoms. The topological polar surface area (TPSA) is 81.7 Å². The Morgan fingerprint density at radius 2 is 1.75 bits per heavy atom. The molecular formula is C24H23N7O. The third kappa shape index (κ3) is 3.30. The summed E-state index contributed by atoms with van der Waals surface area (Å²) in [5.74, 6) is 1.47. The Kier molecular flexibility index (Phi) is 4.89. The van der Waals surface area contributed by atoms with Gasteiger partial charge in [-0.2, -0.15) is 0 Å². The Hall–Kier alpha value is -4.07. The highest BCUT2D eigenvalue weighted by Gasteiger charge is 2.16. The maximum atomic E-state index is 13.5. The van der Waals surface area contributed by atoms with Crippen LogP contribution in [-0.4, -0.2) is 43.2 Å². The van der Waals surface area contributed by atoms with Crippen molar-refractivity contribution in [2.45, 2.75) is 19.9 Å². The quantitative estimate of drug-likeness (QED) is 0.430. The summed E-state index contributed by atoms with van der Waals surface area (Å²) in [5.41, 5.74) is 4.01. The highest BCUT2D eigenvalue weighted by atomic mass is 16.1. The van der Waals surface area contributed by atoms with Crippen molar-refractivity contribution in [3.05, 3.63) is 82.9 Å². The molecule has 8 heteroatoms. The lowest BCUT2D eigenvalue weighted by Crippen LogP contribution is -2.25. The second-order valence-electron chi connectivity index (χ2n) is 7.92. The van der Waals surface area contributed by atoms with Crippen molar-refractivity contribution in [1.82, 2.24) is 29.1 Å². The lowest BCUT2D eigenvalue weighted by atomic mass is 10.1. The van der Waals surface area contributed by atoms with E-state index in [0.717, 1.165) is 28.2 Å². The van der Waals surface area contributed by atoms with Crippen LogP contribution in [0.4, 0.5) is 5.82 Å². The number of para-hydroxylation sites is 2. The van der Waals surface area contributed by atoms with Crippen LogP contribution in [0.2, 0.25) is 0 Å². The smallest absolute Gasteiger partial charge is 0.265 e. The van der Waals surface area contributed by atoms with Gasteiger partial charge in [-0.05, 0) is 30.7 Å². The van der Waals surface area contributed by atoms with Gasteiger partial charge in [0.25, 0.3) is 5.56 Å². The van der Waals surface area contributed by atoms with E-state index in [0.29, 0.717) is 29.7 Å². The molecule has 8 nitrogen and oxygen atoms in total. The predicted molar refractivity (Wildman–Crippen MR) is 125 cm³/mol.